The predicted octanol–water partition coefficient (Wildman–Crippen LogP) is 3.65. The van der Waals surface area contributed by atoms with Crippen LogP contribution in [0.3, 0.4) is 0 Å². The Morgan fingerprint density at radius 2 is 1.82 bits per heavy atom. The molecule has 1 aliphatic heterocycles. The van der Waals surface area contributed by atoms with Crippen molar-refractivity contribution >= 4 is 21.7 Å². The molecule has 3 aromatic rings. The molecule has 3 N–H and O–H groups in total. The third kappa shape index (κ3) is 7.10. The second-order valence-corrected chi connectivity index (χ2v) is 9.88. The second-order valence-electron chi connectivity index (χ2n) is 8.32. The number of hydrogen-bond donors (Lipinski definition) is 2. The van der Waals surface area contributed by atoms with Gasteiger partial charge in [0.1, 0.15) is 23.5 Å². The number of anilines is 2. The summed E-state index contributed by atoms with van der Waals surface area (Å²) in [6, 6.07) is 12.4. The smallest absolute Gasteiger partial charge is 0.423 e. The molecule has 2 atom stereocenters. The van der Waals surface area contributed by atoms with E-state index in [9.17, 15) is 21.6 Å². The molecule has 2 heterocycles. The fourth-order valence-corrected chi connectivity index (χ4v) is 4.13. The summed E-state index contributed by atoms with van der Waals surface area (Å²) in [5.41, 5.74) is 0.0241. The van der Waals surface area contributed by atoms with Crippen LogP contribution < -0.4 is 19.9 Å². The van der Waals surface area contributed by atoms with Crippen LogP contribution in [0.25, 0.3) is 0 Å². The summed E-state index contributed by atoms with van der Waals surface area (Å²) in [5, 5.41) is 7.82. The van der Waals surface area contributed by atoms with E-state index in [0.717, 1.165) is 5.56 Å². The number of methoxy groups -OCH3 is 1. The summed E-state index contributed by atoms with van der Waals surface area (Å²) in [4.78, 5) is 7.57. The molecule has 0 spiro atoms. The standard InChI is InChI=1S/C24H25F3N4O6S/c1-34-17-6-2-15(3-7-17)13-36-21-14-35-11-10-20(21)37-22-19(24(25,26)27)12-29-23(31-22)30-16-4-8-18(9-5-16)38(28,32)33/h2-9,12,20-21H,10-11,13-14H2,1H3,(H2,28,32,33)(H,29,30,31)/t20-,21+/m1/s1. The highest BCUT2D eigenvalue weighted by atomic mass is 32.2. The molecule has 0 aliphatic carbocycles. The molecule has 14 heteroatoms. The van der Waals surface area contributed by atoms with Crippen LogP contribution >= 0.6 is 0 Å². The van der Waals surface area contributed by atoms with Gasteiger partial charge in [0.2, 0.25) is 21.9 Å². The number of benzene rings is 2. The van der Waals surface area contributed by atoms with Crippen molar-refractivity contribution in [2.75, 3.05) is 25.6 Å². The van der Waals surface area contributed by atoms with Gasteiger partial charge in [0.25, 0.3) is 0 Å². The summed E-state index contributed by atoms with van der Waals surface area (Å²) in [5.74, 6) is -0.163. The fourth-order valence-electron chi connectivity index (χ4n) is 3.62. The lowest BCUT2D eigenvalue weighted by atomic mass is 10.1. The Morgan fingerprint density at radius 1 is 1.11 bits per heavy atom. The largest absolute Gasteiger partial charge is 0.497 e. The predicted molar refractivity (Wildman–Crippen MR) is 130 cm³/mol. The van der Waals surface area contributed by atoms with Crippen molar-refractivity contribution in [2.45, 2.75) is 36.3 Å². The minimum absolute atomic E-state index is 0.124. The van der Waals surface area contributed by atoms with Gasteiger partial charge in [-0.05, 0) is 42.0 Å². The molecule has 0 radical (unpaired) electrons. The first-order valence-corrected chi connectivity index (χ1v) is 12.9. The summed E-state index contributed by atoms with van der Waals surface area (Å²) in [6.07, 6.45) is -5.28. The minimum Gasteiger partial charge on any atom is -0.497 e. The van der Waals surface area contributed by atoms with Crippen molar-refractivity contribution in [3.63, 3.8) is 0 Å². The lowest BCUT2D eigenvalue weighted by Crippen LogP contribution is -2.43. The molecule has 1 fully saturated rings. The quantitative estimate of drug-likeness (QED) is 0.406. The molecule has 4 rings (SSSR count). The van der Waals surface area contributed by atoms with Crippen LogP contribution in [0.5, 0.6) is 11.6 Å². The first-order valence-electron chi connectivity index (χ1n) is 11.4. The van der Waals surface area contributed by atoms with Crippen LogP contribution in [0, 0.1) is 0 Å². The lowest BCUT2D eigenvalue weighted by molar-refractivity contribution is -0.144. The number of nitrogens with two attached hydrogens (primary N) is 1. The highest BCUT2D eigenvalue weighted by Crippen LogP contribution is 2.36. The van der Waals surface area contributed by atoms with Crippen molar-refractivity contribution in [2.24, 2.45) is 5.14 Å². The number of nitrogens with zero attached hydrogens (tertiary/aromatic N) is 2. The second kappa shape index (κ2) is 11.5. The highest BCUT2D eigenvalue weighted by Gasteiger charge is 2.38. The van der Waals surface area contributed by atoms with E-state index in [1.54, 1.807) is 19.2 Å². The molecule has 204 valence electrons. The van der Waals surface area contributed by atoms with Gasteiger partial charge in [0.15, 0.2) is 0 Å². The van der Waals surface area contributed by atoms with Crippen LogP contribution in [0.2, 0.25) is 0 Å². The Morgan fingerprint density at radius 3 is 2.45 bits per heavy atom. The van der Waals surface area contributed by atoms with Gasteiger partial charge >= 0.3 is 6.18 Å². The molecular weight excluding hydrogens is 529 g/mol. The average molecular weight is 555 g/mol. The molecule has 0 unspecified atom stereocenters. The first kappa shape index (κ1) is 27.6. The van der Waals surface area contributed by atoms with E-state index < -0.39 is 39.9 Å². The van der Waals surface area contributed by atoms with Gasteiger partial charge in [-0.25, -0.2) is 18.5 Å². The molecule has 1 saturated heterocycles. The summed E-state index contributed by atoms with van der Waals surface area (Å²) >= 11 is 0. The number of aromatic nitrogens is 2. The monoisotopic (exact) mass is 554 g/mol. The maximum absolute atomic E-state index is 13.7. The van der Waals surface area contributed by atoms with Crippen LogP contribution in [-0.4, -0.2) is 50.9 Å². The van der Waals surface area contributed by atoms with E-state index >= 15 is 0 Å². The summed E-state index contributed by atoms with van der Waals surface area (Å²) in [7, 11) is -2.34. The van der Waals surface area contributed by atoms with Gasteiger partial charge in [-0.2, -0.15) is 18.2 Å². The maximum atomic E-state index is 13.7. The molecule has 2 aromatic carbocycles. The zero-order valence-corrected chi connectivity index (χ0v) is 21.0. The number of rotatable bonds is 9. The van der Waals surface area contributed by atoms with Gasteiger partial charge in [-0.1, -0.05) is 12.1 Å². The van der Waals surface area contributed by atoms with Crippen molar-refractivity contribution in [3.8, 4) is 11.6 Å². The molecule has 0 bridgehead atoms. The molecule has 1 aromatic heterocycles. The number of nitrogens with one attached hydrogen (secondary N) is 1. The van der Waals surface area contributed by atoms with Crippen molar-refractivity contribution < 1.29 is 40.5 Å². The lowest BCUT2D eigenvalue weighted by Gasteiger charge is -2.32. The van der Waals surface area contributed by atoms with E-state index in [1.807, 2.05) is 12.1 Å². The van der Waals surface area contributed by atoms with E-state index in [4.69, 9.17) is 24.1 Å². The highest BCUT2D eigenvalue weighted by molar-refractivity contribution is 7.89. The topological polar surface area (TPSA) is 135 Å². The van der Waals surface area contributed by atoms with E-state index in [2.05, 4.69) is 15.3 Å². The number of primary sulfonamides is 1. The zero-order chi connectivity index (χ0) is 27.3. The molecule has 0 amide bonds. The Kier molecular flexibility index (Phi) is 8.35. The van der Waals surface area contributed by atoms with E-state index in [-0.39, 0.29) is 37.1 Å². The average Bonchev–Trinajstić information content (AvgIpc) is 2.88. The van der Waals surface area contributed by atoms with Crippen molar-refractivity contribution in [3.05, 3.63) is 65.9 Å². The van der Waals surface area contributed by atoms with Gasteiger partial charge in [-0.15, -0.1) is 0 Å². The maximum Gasteiger partial charge on any atom is 0.423 e. The summed E-state index contributed by atoms with van der Waals surface area (Å²) < 4.78 is 86.3. The Bertz CT molecular complexity index is 1340. The van der Waals surface area contributed by atoms with Crippen molar-refractivity contribution in [1.82, 2.24) is 9.97 Å². The normalized spacial score (nSPS) is 18.1. The Labute approximate surface area is 216 Å². The van der Waals surface area contributed by atoms with Gasteiger partial charge < -0.3 is 24.3 Å². The van der Waals surface area contributed by atoms with Gasteiger partial charge in [0, 0.05) is 18.3 Å². The minimum atomic E-state index is -4.77. The van der Waals surface area contributed by atoms with Gasteiger partial charge in [-0.3, -0.25) is 0 Å². The fraction of sp³-hybridized carbons (Fsp3) is 0.333. The van der Waals surface area contributed by atoms with Crippen LogP contribution in [0.15, 0.2) is 59.6 Å². The van der Waals surface area contributed by atoms with E-state index in [0.29, 0.717) is 17.6 Å². The Balaban J connectivity index is 1.51. The number of halogens is 3. The molecule has 38 heavy (non-hydrogen) atoms. The van der Waals surface area contributed by atoms with E-state index in [1.165, 1.54) is 24.3 Å². The summed E-state index contributed by atoms with van der Waals surface area (Å²) in [6.45, 7) is 0.602. The third-order valence-corrected chi connectivity index (χ3v) is 6.56. The van der Waals surface area contributed by atoms with Crippen molar-refractivity contribution in [1.29, 1.82) is 0 Å². The molecular formula is C24H25F3N4O6S. The zero-order valence-electron chi connectivity index (χ0n) is 20.1. The van der Waals surface area contributed by atoms with Crippen LogP contribution in [-0.2, 0) is 32.3 Å². The van der Waals surface area contributed by atoms with Gasteiger partial charge in [0.05, 0.1) is 31.8 Å². The first-order chi connectivity index (χ1) is 18.0. The SMILES string of the molecule is COc1ccc(CO[C@H]2COCC[C@H]2Oc2nc(Nc3ccc(S(N)(=O)=O)cc3)ncc2C(F)(F)F)cc1. The number of sulfonamides is 1. The molecule has 10 nitrogen and oxygen atoms in total. The Hall–Kier alpha value is -3.46. The third-order valence-electron chi connectivity index (χ3n) is 5.63. The molecule has 0 saturated carbocycles. The van der Waals surface area contributed by atoms with Crippen LogP contribution in [0.1, 0.15) is 17.5 Å². The van der Waals surface area contributed by atoms with Crippen LogP contribution in [0.4, 0.5) is 24.8 Å². The number of ether oxygens (including phenoxy) is 4. The number of alkyl halides is 3. The number of hydrogen-bond acceptors (Lipinski definition) is 9. The molecule has 1 aliphatic rings.